The molecular weight excluding hydrogens is 150 g/mol. The fraction of sp³-hybridized carbons (Fsp3) is 0.700. The highest BCUT2D eigenvalue weighted by atomic mass is 16.1. The van der Waals surface area contributed by atoms with E-state index in [1.807, 2.05) is 6.92 Å². The second kappa shape index (κ2) is 3.74. The lowest BCUT2D eigenvalue weighted by atomic mass is 9.88. The molecule has 0 aliphatic heterocycles. The quantitative estimate of drug-likeness (QED) is 0.630. The van der Waals surface area contributed by atoms with Crippen LogP contribution in [0.4, 0.5) is 0 Å². The van der Waals surface area contributed by atoms with Gasteiger partial charge in [0.15, 0.2) is 0 Å². The molecule has 0 saturated heterocycles. The maximum Gasteiger partial charge on any atom is 0.246 e. The summed E-state index contributed by atoms with van der Waals surface area (Å²) in [6.45, 7) is 13.6. The number of carbonyl (C=O) groups is 1. The summed E-state index contributed by atoms with van der Waals surface area (Å²) in [4.78, 5) is 11.2. The first-order chi connectivity index (χ1) is 5.25. The van der Waals surface area contributed by atoms with E-state index in [4.69, 9.17) is 0 Å². The fourth-order valence-corrected chi connectivity index (χ4v) is 0.536. The molecule has 0 heterocycles. The fourth-order valence-electron chi connectivity index (χ4n) is 0.536. The van der Waals surface area contributed by atoms with Gasteiger partial charge in [0.2, 0.25) is 5.91 Å². The van der Waals surface area contributed by atoms with Crippen LogP contribution >= 0.6 is 0 Å². The van der Waals surface area contributed by atoms with Crippen LogP contribution in [-0.4, -0.2) is 11.9 Å². The highest BCUT2D eigenvalue weighted by Crippen LogP contribution is 2.18. The lowest BCUT2D eigenvalue weighted by molar-refractivity contribution is -0.118. The molecule has 0 aromatic carbocycles. The van der Waals surface area contributed by atoms with E-state index < -0.39 is 0 Å². The van der Waals surface area contributed by atoms with Gasteiger partial charge in [-0.2, -0.15) is 0 Å². The van der Waals surface area contributed by atoms with Crippen molar-refractivity contribution in [2.24, 2.45) is 5.41 Å². The Morgan fingerprint density at radius 2 is 1.83 bits per heavy atom. The maximum absolute atomic E-state index is 11.2. The van der Waals surface area contributed by atoms with Gasteiger partial charge >= 0.3 is 0 Å². The molecule has 1 unspecified atom stereocenters. The van der Waals surface area contributed by atoms with Crippen LogP contribution in [0.5, 0.6) is 0 Å². The van der Waals surface area contributed by atoms with Crippen LogP contribution in [0.15, 0.2) is 12.2 Å². The first kappa shape index (κ1) is 11.2. The van der Waals surface area contributed by atoms with Gasteiger partial charge in [0.25, 0.3) is 0 Å². The van der Waals surface area contributed by atoms with Gasteiger partial charge in [0, 0.05) is 11.6 Å². The molecule has 0 bridgehead atoms. The van der Waals surface area contributed by atoms with E-state index in [0.717, 1.165) is 0 Å². The van der Waals surface area contributed by atoms with Gasteiger partial charge in [0.1, 0.15) is 0 Å². The van der Waals surface area contributed by atoms with Gasteiger partial charge in [-0.15, -0.1) is 0 Å². The lowest BCUT2D eigenvalue weighted by Gasteiger charge is -2.28. The molecule has 0 saturated carbocycles. The van der Waals surface area contributed by atoms with Crippen LogP contribution in [-0.2, 0) is 4.79 Å². The molecule has 0 aliphatic carbocycles. The van der Waals surface area contributed by atoms with Gasteiger partial charge in [-0.25, -0.2) is 0 Å². The Morgan fingerprint density at radius 1 is 1.42 bits per heavy atom. The van der Waals surface area contributed by atoms with Crippen LogP contribution in [0, 0.1) is 5.41 Å². The zero-order valence-electron chi connectivity index (χ0n) is 8.69. The van der Waals surface area contributed by atoms with Crippen LogP contribution in [0.25, 0.3) is 0 Å². The molecule has 1 amide bonds. The summed E-state index contributed by atoms with van der Waals surface area (Å²) in [5, 5.41) is 2.88. The summed E-state index contributed by atoms with van der Waals surface area (Å²) >= 11 is 0. The van der Waals surface area contributed by atoms with E-state index in [9.17, 15) is 4.79 Å². The maximum atomic E-state index is 11.2. The van der Waals surface area contributed by atoms with Crippen molar-refractivity contribution >= 4 is 5.91 Å². The van der Waals surface area contributed by atoms with Crippen molar-refractivity contribution in [2.45, 2.75) is 40.7 Å². The molecule has 12 heavy (non-hydrogen) atoms. The molecule has 2 heteroatoms. The Hall–Kier alpha value is -0.790. The summed E-state index contributed by atoms with van der Waals surface area (Å²) in [5.41, 5.74) is 0.663. The van der Waals surface area contributed by atoms with E-state index in [1.54, 1.807) is 6.92 Å². The van der Waals surface area contributed by atoms with Crippen LogP contribution < -0.4 is 5.32 Å². The zero-order chi connectivity index (χ0) is 9.94. The minimum absolute atomic E-state index is 0.0579. The van der Waals surface area contributed by atoms with Gasteiger partial charge in [0.05, 0.1) is 0 Å². The van der Waals surface area contributed by atoms with E-state index in [1.165, 1.54) is 0 Å². The standard InChI is InChI=1S/C10H19NO/c1-7(2)9(12)11-8(3)10(4,5)6/h8H,1H2,2-6H3,(H,11,12). The molecular formula is C10H19NO. The number of nitrogens with one attached hydrogen (secondary N) is 1. The van der Waals surface area contributed by atoms with E-state index >= 15 is 0 Å². The summed E-state index contributed by atoms with van der Waals surface area (Å²) in [6.07, 6.45) is 0. The number of hydrogen-bond donors (Lipinski definition) is 1. The molecule has 0 fully saturated rings. The lowest BCUT2D eigenvalue weighted by Crippen LogP contribution is -2.41. The molecule has 0 aliphatic rings. The van der Waals surface area contributed by atoms with Gasteiger partial charge in [-0.3, -0.25) is 4.79 Å². The van der Waals surface area contributed by atoms with Crippen molar-refractivity contribution < 1.29 is 4.79 Å². The smallest absolute Gasteiger partial charge is 0.246 e. The SMILES string of the molecule is C=C(C)C(=O)NC(C)C(C)(C)C. The first-order valence-electron chi connectivity index (χ1n) is 4.21. The van der Waals surface area contributed by atoms with Crippen molar-refractivity contribution in [1.29, 1.82) is 0 Å². The Morgan fingerprint density at radius 3 is 2.08 bits per heavy atom. The summed E-state index contributed by atoms with van der Waals surface area (Å²) in [7, 11) is 0. The minimum Gasteiger partial charge on any atom is -0.349 e. The second-order valence-electron chi connectivity index (χ2n) is 4.34. The number of rotatable bonds is 2. The monoisotopic (exact) mass is 169 g/mol. The third-order valence-corrected chi connectivity index (χ3v) is 2.03. The third-order valence-electron chi connectivity index (χ3n) is 2.03. The Kier molecular flexibility index (Phi) is 3.50. The molecule has 1 N–H and O–H groups in total. The molecule has 70 valence electrons. The normalized spacial score (nSPS) is 13.8. The van der Waals surface area contributed by atoms with Gasteiger partial charge in [-0.1, -0.05) is 27.4 Å². The highest BCUT2D eigenvalue weighted by Gasteiger charge is 2.21. The summed E-state index contributed by atoms with van der Waals surface area (Å²) in [5.74, 6) is -0.0579. The van der Waals surface area contributed by atoms with Gasteiger partial charge in [-0.05, 0) is 19.3 Å². The van der Waals surface area contributed by atoms with Crippen LogP contribution in [0.2, 0.25) is 0 Å². The number of amides is 1. The second-order valence-corrected chi connectivity index (χ2v) is 4.34. The van der Waals surface area contributed by atoms with Crippen LogP contribution in [0.3, 0.4) is 0 Å². The topological polar surface area (TPSA) is 29.1 Å². The summed E-state index contributed by atoms with van der Waals surface area (Å²) < 4.78 is 0. The van der Waals surface area contributed by atoms with E-state index in [0.29, 0.717) is 5.57 Å². The Bertz CT molecular complexity index is 189. The summed E-state index contributed by atoms with van der Waals surface area (Å²) in [6, 6.07) is 0.168. The number of carbonyl (C=O) groups excluding carboxylic acids is 1. The first-order valence-corrected chi connectivity index (χ1v) is 4.21. The highest BCUT2D eigenvalue weighted by molar-refractivity contribution is 5.92. The van der Waals surface area contributed by atoms with E-state index in [2.05, 4.69) is 32.7 Å². The van der Waals surface area contributed by atoms with Crippen molar-refractivity contribution in [3.63, 3.8) is 0 Å². The van der Waals surface area contributed by atoms with Crippen molar-refractivity contribution in [1.82, 2.24) is 5.32 Å². The molecule has 0 aromatic heterocycles. The number of hydrogen-bond acceptors (Lipinski definition) is 1. The van der Waals surface area contributed by atoms with Gasteiger partial charge < -0.3 is 5.32 Å². The molecule has 0 spiro atoms. The molecule has 0 aromatic rings. The Labute approximate surface area is 75.0 Å². The predicted molar refractivity (Wildman–Crippen MR) is 51.9 cm³/mol. The van der Waals surface area contributed by atoms with Crippen molar-refractivity contribution in [3.8, 4) is 0 Å². The largest absolute Gasteiger partial charge is 0.349 e. The Balaban J connectivity index is 4.11. The zero-order valence-corrected chi connectivity index (χ0v) is 8.69. The predicted octanol–water partition coefficient (Wildman–Crippen LogP) is 2.11. The van der Waals surface area contributed by atoms with E-state index in [-0.39, 0.29) is 17.4 Å². The molecule has 1 atom stereocenters. The minimum atomic E-state index is -0.0579. The molecule has 0 rings (SSSR count). The van der Waals surface area contributed by atoms with Crippen molar-refractivity contribution in [2.75, 3.05) is 0 Å². The molecule has 2 nitrogen and oxygen atoms in total. The average Bonchev–Trinajstić information content (AvgIpc) is 1.85. The third kappa shape index (κ3) is 3.56. The average molecular weight is 169 g/mol. The molecule has 0 radical (unpaired) electrons. The van der Waals surface area contributed by atoms with Crippen molar-refractivity contribution in [3.05, 3.63) is 12.2 Å². The van der Waals surface area contributed by atoms with Crippen LogP contribution in [0.1, 0.15) is 34.6 Å².